The zero-order valence-corrected chi connectivity index (χ0v) is 18.9. The van der Waals surface area contributed by atoms with Crippen LogP contribution in [-0.4, -0.2) is 52.8 Å². The Balaban J connectivity index is 1.43. The molecule has 0 bridgehead atoms. The molecule has 0 spiro atoms. The van der Waals surface area contributed by atoms with Gasteiger partial charge in [0.2, 0.25) is 5.95 Å². The lowest BCUT2D eigenvalue weighted by Gasteiger charge is -2.27. The predicted molar refractivity (Wildman–Crippen MR) is 127 cm³/mol. The van der Waals surface area contributed by atoms with Gasteiger partial charge in [-0.3, -0.25) is 0 Å². The standard InChI is InChI=1S/C23H27ClN6O/c1-13-4-5-18(24)19-16(15(3)27-20(13)19)6-7-25-21-17-12-14(2)26-22(17)29-23(28-21)30-8-10-31-11-9-30/h4-5,12,27H,6-11H2,1-3H3,(H2,25,26,28,29). The van der Waals surface area contributed by atoms with E-state index in [2.05, 4.69) is 46.2 Å². The van der Waals surface area contributed by atoms with Crippen LogP contribution in [0.15, 0.2) is 18.2 Å². The molecule has 0 radical (unpaired) electrons. The number of H-pyrrole nitrogens is 2. The third kappa shape index (κ3) is 3.72. The normalized spacial score (nSPS) is 14.6. The highest BCUT2D eigenvalue weighted by Crippen LogP contribution is 2.32. The Labute approximate surface area is 186 Å². The number of anilines is 2. The number of fused-ring (bicyclic) bond motifs is 2. The second-order valence-electron chi connectivity index (χ2n) is 8.21. The van der Waals surface area contributed by atoms with Crippen LogP contribution < -0.4 is 10.2 Å². The summed E-state index contributed by atoms with van der Waals surface area (Å²) >= 11 is 6.55. The first-order valence-corrected chi connectivity index (χ1v) is 11.1. The molecule has 31 heavy (non-hydrogen) atoms. The number of ether oxygens (including phenoxy) is 1. The molecule has 1 aliphatic rings. The lowest BCUT2D eigenvalue weighted by molar-refractivity contribution is 0.122. The van der Waals surface area contributed by atoms with Crippen molar-refractivity contribution in [2.24, 2.45) is 0 Å². The first kappa shape index (κ1) is 20.2. The van der Waals surface area contributed by atoms with Gasteiger partial charge in [0.25, 0.3) is 0 Å². The highest BCUT2D eigenvalue weighted by molar-refractivity contribution is 6.35. The molecule has 162 valence electrons. The number of nitrogens with zero attached hydrogens (tertiary/aromatic N) is 3. The monoisotopic (exact) mass is 438 g/mol. The zero-order valence-electron chi connectivity index (χ0n) is 18.1. The van der Waals surface area contributed by atoms with Crippen LogP contribution in [0.4, 0.5) is 11.8 Å². The smallest absolute Gasteiger partial charge is 0.229 e. The Morgan fingerprint density at radius 2 is 1.94 bits per heavy atom. The van der Waals surface area contributed by atoms with Gasteiger partial charge < -0.3 is 24.9 Å². The molecule has 3 N–H and O–H groups in total. The molecule has 4 aromatic rings. The molecule has 0 atom stereocenters. The highest BCUT2D eigenvalue weighted by atomic mass is 35.5. The van der Waals surface area contributed by atoms with Gasteiger partial charge in [-0.25, -0.2) is 0 Å². The SMILES string of the molecule is Cc1cc2c(NCCc3c(C)[nH]c4c(C)ccc(Cl)c34)nc(N3CCOCC3)nc2[nH]1. The van der Waals surface area contributed by atoms with Crippen molar-refractivity contribution in [1.82, 2.24) is 19.9 Å². The molecule has 1 saturated heterocycles. The van der Waals surface area contributed by atoms with Gasteiger partial charge in [-0.05, 0) is 50.5 Å². The first-order valence-electron chi connectivity index (χ1n) is 10.7. The maximum atomic E-state index is 6.55. The largest absolute Gasteiger partial charge is 0.378 e. The second kappa shape index (κ2) is 8.05. The molecule has 1 aliphatic heterocycles. The van der Waals surface area contributed by atoms with Crippen LogP contribution in [0.25, 0.3) is 21.9 Å². The molecule has 7 nitrogen and oxygen atoms in total. The van der Waals surface area contributed by atoms with E-state index >= 15 is 0 Å². The zero-order chi connectivity index (χ0) is 21.5. The number of rotatable bonds is 5. The topological polar surface area (TPSA) is 81.9 Å². The molecule has 0 aliphatic carbocycles. The van der Waals surface area contributed by atoms with E-state index < -0.39 is 0 Å². The molecule has 0 unspecified atom stereocenters. The number of morpholine rings is 1. The second-order valence-corrected chi connectivity index (χ2v) is 8.61. The number of nitrogens with one attached hydrogen (secondary N) is 3. The van der Waals surface area contributed by atoms with Crippen molar-refractivity contribution in [2.75, 3.05) is 43.1 Å². The number of halogens is 1. The van der Waals surface area contributed by atoms with E-state index in [-0.39, 0.29) is 0 Å². The van der Waals surface area contributed by atoms with Crippen LogP contribution in [0.1, 0.15) is 22.5 Å². The minimum absolute atomic E-state index is 0.702. The van der Waals surface area contributed by atoms with Gasteiger partial charge in [0, 0.05) is 36.4 Å². The van der Waals surface area contributed by atoms with Crippen molar-refractivity contribution in [3.8, 4) is 0 Å². The highest BCUT2D eigenvalue weighted by Gasteiger charge is 2.18. The quantitative estimate of drug-likeness (QED) is 0.427. The van der Waals surface area contributed by atoms with Crippen molar-refractivity contribution in [2.45, 2.75) is 27.2 Å². The van der Waals surface area contributed by atoms with Crippen LogP contribution in [-0.2, 0) is 11.2 Å². The van der Waals surface area contributed by atoms with E-state index in [9.17, 15) is 0 Å². The van der Waals surface area contributed by atoms with Gasteiger partial charge in [0.05, 0.1) is 29.1 Å². The van der Waals surface area contributed by atoms with E-state index in [0.717, 1.165) is 76.2 Å². The number of benzene rings is 1. The summed E-state index contributed by atoms with van der Waals surface area (Å²) in [6.45, 7) is 10.0. The third-order valence-corrected chi connectivity index (χ3v) is 6.32. The van der Waals surface area contributed by atoms with E-state index in [1.807, 2.05) is 13.0 Å². The molecular formula is C23H27ClN6O. The summed E-state index contributed by atoms with van der Waals surface area (Å²) < 4.78 is 5.48. The fourth-order valence-corrected chi connectivity index (χ4v) is 4.65. The number of hydrogen-bond donors (Lipinski definition) is 3. The van der Waals surface area contributed by atoms with Gasteiger partial charge in [-0.2, -0.15) is 9.97 Å². The fourth-order valence-electron chi connectivity index (χ4n) is 4.37. The molecule has 5 rings (SSSR count). The van der Waals surface area contributed by atoms with Crippen LogP contribution in [0.5, 0.6) is 0 Å². The van der Waals surface area contributed by atoms with Crippen molar-refractivity contribution < 1.29 is 4.74 Å². The maximum Gasteiger partial charge on any atom is 0.229 e. The minimum atomic E-state index is 0.702. The van der Waals surface area contributed by atoms with Crippen molar-refractivity contribution in [1.29, 1.82) is 0 Å². The Morgan fingerprint density at radius 1 is 1.13 bits per heavy atom. The van der Waals surface area contributed by atoms with Crippen LogP contribution >= 0.6 is 11.6 Å². The first-order chi connectivity index (χ1) is 15.0. The Morgan fingerprint density at radius 3 is 2.74 bits per heavy atom. The van der Waals surface area contributed by atoms with Crippen molar-refractivity contribution in [3.63, 3.8) is 0 Å². The molecule has 1 fully saturated rings. The lowest BCUT2D eigenvalue weighted by Crippen LogP contribution is -2.37. The summed E-state index contributed by atoms with van der Waals surface area (Å²) in [5, 5.41) is 6.49. The fraction of sp³-hybridized carbons (Fsp3) is 0.391. The minimum Gasteiger partial charge on any atom is -0.378 e. The van der Waals surface area contributed by atoms with Crippen molar-refractivity contribution in [3.05, 3.63) is 45.7 Å². The average molecular weight is 439 g/mol. The Bertz CT molecular complexity index is 1250. The third-order valence-electron chi connectivity index (χ3n) is 6.00. The van der Waals surface area contributed by atoms with Crippen molar-refractivity contribution >= 4 is 45.3 Å². The van der Waals surface area contributed by atoms with Crippen LogP contribution in [0.2, 0.25) is 5.02 Å². The molecule has 4 heterocycles. The predicted octanol–water partition coefficient (Wildman–Crippen LogP) is 4.51. The Kier molecular flexibility index (Phi) is 5.24. The van der Waals surface area contributed by atoms with Gasteiger partial charge in [-0.1, -0.05) is 17.7 Å². The molecule has 8 heteroatoms. The van der Waals surface area contributed by atoms with Gasteiger partial charge in [-0.15, -0.1) is 0 Å². The summed E-state index contributed by atoms with van der Waals surface area (Å²) in [7, 11) is 0. The molecule has 3 aromatic heterocycles. The van der Waals surface area contributed by atoms with E-state index in [1.165, 1.54) is 11.1 Å². The van der Waals surface area contributed by atoms with Gasteiger partial charge in [0.15, 0.2) is 0 Å². The van der Waals surface area contributed by atoms with Gasteiger partial charge >= 0.3 is 0 Å². The maximum absolute atomic E-state index is 6.55. The van der Waals surface area contributed by atoms with E-state index in [1.54, 1.807) is 0 Å². The lowest BCUT2D eigenvalue weighted by atomic mass is 10.1. The molecule has 0 saturated carbocycles. The summed E-state index contributed by atoms with van der Waals surface area (Å²) in [6, 6.07) is 6.13. The van der Waals surface area contributed by atoms with Crippen LogP contribution in [0, 0.1) is 20.8 Å². The summed E-state index contributed by atoms with van der Waals surface area (Å²) in [4.78, 5) is 18.7. The number of aromatic nitrogens is 4. The Hall–Kier alpha value is -2.77. The van der Waals surface area contributed by atoms with E-state index in [0.29, 0.717) is 13.2 Å². The molecular weight excluding hydrogens is 412 g/mol. The molecule has 0 amide bonds. The summed E-state index contributed by atoms with van der Waals surface area (Å²) in [6.07, 6.45) is 0.844. The number of hydrogen-bond acceptors (Lipinski definition) is 5. The van der Waals surface area contributed by atoms with Gasteiger partial charge in [0.1, 0.15) is 11.5 Å². The summed E-state index contributed by atoms with van der Waals surface area (Å²) in [5.41, 5.74) is 6.67. The summed E-state index contributed by atoms with van der Waals surface area (Å²) in [5.74, 6) is 1.60. The number of aromatic amines is 2. The van der Waals surface area contributed by atoms with Crippen LogP contribution in [0.3, 0.4) is 0 Å². The van der Waals surface area contributed by atoms with E-state index in [4.69, 9.17) is 26.3 Å². The number of aryl methyl sites for hydroxylation is 3. The average Bonchev–Trinajstić information content (AvgIpc) is 3.31. The molecule has 1 aromatic carbocycles.